The van der Waals surface area contributed by atoms with Crippen molar-refractivity contribution in [2.45, 2.75) is 185 Å². The van der Waals surface area contributed by atoms with Crippen LogP contribution in [0.5, 0.6) is 0 Å². The Balaban J connectivity index is 0.000000160. The van der Waals surface area contributed by atoms with E-state index in [9.17, 15) is 0 Å². The minimum atomic E-state index is -0.00748. The second-order valence-corrected chi connectivity index (χ2v) is 36.4. The Kier molecular flexibility index (Phi) is 30.7. The number of aryl methyl sites for hydroxylation is 4. The van der Waals surface area contributed by atoms with Crippen molar-refractivity contribution in [3.63, 3.8) is 0 Å². The predicted octanol–water partition coefficient (Wildman–Crippen LogP) is 17.7. The second-order valence-electron chi connectivity index (χ2n) is 36.4. The van der Waals surface area contributed by atoms with Crippen LogP contribution in [0.25, 0.3) is 69.8 Å². The molecule has 0 fully saturated rings. The van der Waals surface area contributed by atoms with Gasteiger partial charge < -0.3 is 0 Å². The van der Waals surface area contributed by atoms with Crippen LogP contribution in [0.1, 0.15) is 180 Å². The van der Waals surface area contributed by atoms with Gasteiger partial charge in [-0.1, -0.05) is 125 Å². The van der Waals surface area contributed by atoms with Gasteiger partial charge in [-0.3, -0.25) is 0 Å². The van der Waals surface area contributed by atoms with Gasteiger partial charge in [0.25, 0.3) is 0 Å². The van der Waals surface area contributed by atoms with Crippen LogP contribution in [-0.2, 0) is 82.8 Å². The number of hydrogen-bond donors (Lipinski definition) is 0. The third-order valence-corrected chi connectivity index (χ3v) is 19.7. The van der Waals surface area contributed by atoms with Gasteiger partial charge in [-0.2, -0.15) is 61.2 Å². The van der Waals surface area contributed by atoms with Crippen LogP contribution in [-0.4, -0.2) is 147 Å². The zero-order chi connectivity index (χ0) is 88.5. The van der Waals surface area contributed by atoms with Crippen molar-refractivity contribution in [2.75, 3.05) is 0 Å². The Morgan fingerprint density at radius 1 is 0.181 bits per heavy atom. The van der Waals surface area contributed by atoms with Gasteiger partial charge in [-0.15, -0.1) is 0 Å². The summed E-state index contributed by atoms with van der Waals surface area (Å²) in [5, 5.41) is 51.7. The summed E-state index contributed by atoms with van der Waals surface area (Å²) < 4.78 is 21.4. The van der Waals surface area contributed by atoms with Crippen molar-refractivity contribution >= 4 is 0 Å². The van der Waals surface area contributed by atoms with Crippen molar-refractivity contribution in [1.29, 1.82) is 0 Å². The maximum Gasteiger partial charge on any atom is 3.00 e. The molecule has 0 unspecified atom stereocenters. The summed E-state index contributed by atoms with van der Waals surface area (Å²) in [5.74, 6) is 9.58. The van der Waals surface area contributed by atoms with Gasteiger partial charge in [0.15, 0.2) is 69.8 Å². The molecule has 18 heterocycles. The van der Waals surface area contributed by atoms with Crippen molar-refractivity contribution in [3.8, 4) is 69.8 Å². The molecule has 127 heavy (non-hydrogen) atoms. The normalized spacial score (nSPS) is 11.5. The number of pyridine rings is 6. The van der Waals surface area contributed by atoms with Crippen LogP contribution in [0.2, 0.25) is 0 Å². The SMILES string of the molecule is CC(C)(C)c1cc(-n2cc(C(C)(C)C)cn2)nc(-n2cc(C(C)(C)C)cn2)c1.CC(C)(C)c1cc(-n2cc(C(C)(C)C)cn2)nc(-n2cc(C(C)(C)C)cn2)c1.Cc1cc(-n2cccn2)nc(-n2cccn2)c1.Cc1cc(-n2cccn2)nc(-n2cccn2)c1.Cc1cc(-n2cccn2)nc(-n2cccn2)c1.Cc1cc(-n2cccn2)nc(-n2cccn2)c1.[Co+2].[Co+2].[Co+3]. The molecule has 0 aliphatic carbocycles. The quantitative estimate of drug-likeness (QED) is 0.110. The van der Waals surface area contributed by atoms with Crippen LogP contribution < -0.4 is 0 Å². The molecule has 0 aromatic carbocycles. The number of hydrogen-bond acceptors (Lipinski definition) is 18. The number of rotatable bonds is 12. The van der Waals surface area contributed by atoms with Gasteiger partial charge in [-0.25, -0.2) is 86.1 Å². The van der Waals surface area contributed by atoms with E-state index in [1.165, 1.54) is 33.4 Å². The average Bonchev–Trinajstić information content (AvgIpc) is 1.60. The molecular formula is C94H110Co3N30+7. The molecule has 0 atom stereocenters. The average molecular weight is 1840 g/mol. The van der Waals surface area contributed by atoms with E-state index in [4.69, 9.17) is 9.97 Å². The maximum absolute atomic E-state index is 4.88. The van der Waals surface area contributed by atoms with Gasteiger partial charge in [0.05, 0.1) is 24.8 Å². The molecule has 0 spiro atoms. The zero-order valence-corrected chi connectivity index (χ0v) is 78.9. The fourth-order valence-corrected chi connectivity index (χ4v) is 12.4. The van der Waals surface area contributed by atoms with Gasteiger partial charge in [0.1, 0.15) is 0 Å². The summed E-state index contributed by atoms with van der Waals surface area (Å²) in [4.78, 5) is 27.8. The maximum atomic E-state index is 4.88. The summed E-state index contributed by atoms with van der Waals surface area (Å²) in [7, 11) is 0. The fourth-order valence-electron chi connectivity index (χ4n) is 12.4. The van der Waals surface area contributed by atoms with E-state index < -0.39 is 0 Å². The molecule has 18 rings (SSSR count). The molecule has 33 heteroatoms. The van der Waals surface area contributed by atoms with Crippen molar-refractivity contribution in [1.82, 2.24) is 147 Å². The zero-order valence-electron chi connectivity index (χ0n) is 75.8. The van der Waals surface area contributed by atoms with Gasteiger partial charge in [0, 0.05) is 124 Å². The van der Waals surface area contributed by atoms with Crippen LogP contribution in [0.15, 0.2) is 270 Å². The van der Waals surface area contributed by atoms with E-state index in [0.29, 0.717) is 0 Å². The largest absolute Gasteiger partial charge is 3.00 e. The standard InChI is InChI=1S/2C23H33N5.4C12H11N5.3Co/c2*1-21(2,3)16-10-19(27-14-17(12-24-27)22(4,5)6)26-20(11-16)28-15-18(13-25-28)23(7,8)9;4*1-10-8-11(16-6-2-4-13-16)15-12(9-10)17-7-3-5-14-17;;;/h2*10-15H,1-9H3;4*2-9H,1H3;;;/q;;;;;;2*+2;+3. The van der Waals surface area contributed by atoms with E-state index in [1.54, 1.807) is 87.0 Å². The molecule has 0 saturated carbocycles. The Morgan fingerprint density at radius 3 is 0.425 bits per heavy atom. The van der Waals surface area contributed by atoms with E-state index in [-0.39, 0.29) is 82.8 Å². The Morgan fingerprint density at radius 2 is 0.315 bits per heavy atom. The first-order valence-electron chi connectivity index (χ1n) is 41.0. The molecule has 0 bridgehead atoms. The predicted molar refractivity (Wildman–Crippen MR) is 482 cm³/mol. The van der Waals surface area contributed by atoms with Gasteiger partial charge >= 0.3 is 50.3 Å². The molecule has 0 aliphatic heterocycles. The smallest absolute Gasteiger partial charge is 0.223 e. The first-order chi connectivity index (χ1) is 58.8. The number of nitrogens with zero attached hydrogens (tertiary/aromatic N) is 30. The molecule has 656 valence electrons. The topological polar surface area (TPSA) is 291 Å². The van der Waals surface area contributed by atoms with Crippen LogP contribution in [0.3, 0.4) is 0 Å². The van der Waals surface area contributed by atoms with Crippen LogP contribution in [0.4, 0.5) is 0 Å². The summed E-state index contributed by atoms with van der Waals surface area (Å²) in [6.45, 7) is 47.7. The molecule has 2 radical (unpaired) electrons. The Hall–Kier alpha value is -13.1. The molecule has 0 N–H and O–H groups in total. The molecule has 30 nitrogen and oxygen atoms in total. The van der Waals surface area contributed by atoms with Crippen molar-refractivity contribution < 1.29 is 50.3 Å². The Bertz CT molecular complexity index is 5440. The first-order valence-corrected chi connectivity index (χ1v) is 41.0. The molecule has 18 aromatic rings. The number of aromatic nitrogens is 30. The van der Waals surface area contributed by atoms with Crippen LogP contribution >= 0.6 is 0 Å². The van der Waals surface area contributed by atoms with Crippen molar-refractivity contribution in [2.24, 2.45) is 0 Å². The first kappa shape index (κ1) is 96.2. The summed E-state index contributed by atoms with van der Waals surface area (Å²) in [6, 6.07) is 39.4. The molecule has 0 amide bonds. The van der Waals surface area contributed by atoms with Gasteiger partial charge in [0.2, 0.25) is 0 Å². The molecule has 0 aliphatic rings. The fraction of sp³-hybridized carbons (Fsp3) is 0.298. The van der Waals surface area contributed by atoms with E-state index in [0.717, 1.165) is 92.1 Å². The van der Waals surface area contributed by atoms with Crippen LogP contribution in [0, 0.1) is 27.7 Å². The minimum absolute atomic E-state index is 0. The summed E-state index contributed by atoms with van der Waals surface area (Å²) in [6.07, 6.45) is 44.8. The summed E-state index contributed by atoms with van der Waals surface area (Å²) in [5.41, 5.74) is 11.8. The Labute approximate surface area is 772 Å². The van der Waals surface area contributed by atoms with E-state index in [1.807, 2.05) is 218 Å². The van der Waals surface area contributed by atoms with E-state index >= 15 is 0 Å². The third kappa shape index (κ3) is 25.2. The summed E-state index contributed by atoms with van der Waals surface area (Å²) >= 11 is 0. The monoisotopic (exact) mass is 1840 g/mol. The third-order valence-electron chi connectivity index (χ3n) is 19.7. The molecule has 0 saturated heterocycles. The molecule has 18 aromatic heterocycles. The van der Waals surface area contributed by atoms with Crippen molar-refractivity contribution in [3.05, 3.63) is 326 Å². The second kappa shape index (κ2) is 40.5. The molecular weight excluding hydrogens is 1730 g/mol. The minimum Gasteiger partial charge on any atom is -0.223 e. The van der Waals surface area contributed by atoms with Gasteiger partial charge in [-0.05, 0) is 237 Å². The van der Waals surface area contributed by atoms with E-state index in [2.05, 4.69) is 255 Å².